The van der Waals surface area contributed by atoms with Crippen molar-refractivity contribution in [3.8, 4) is 0 Å². The second kappa shape index (κ2) is 4.66. The van der Waals surface area contributed by atoms with Crippen molar-refractivity contribution < 1.29 is 24.9 Å². The lowest BCUT2D eigenvalue weighted by Crippen LogP contribution is -2.24. The number of aromatic carboxylic acids is 2. The van der Waals surface area contributed by atoms with Gasteiger partial charge in [-0.25, -0.2) is 9.59 Å². The van der Waals surface area contributed by atoms with Crippen LogP contribution < -0.4 is 4.90 Å². The molecule has 0 amide bonds. The molecule has 0 aliphatic carbocycles. The van der Waals surface area contributed by atoms with E-state index in [1.807, 2.05) is 0 Å². The van der Waals surface area contributed by atoms with Crippen LogP contribution in [0.3, 0.4) is 0 Å². The molecule has 0 radical (unpaired) electrons. The molecule has 2 rings (SSSR count). The highest BCUT2D eigenvalue weighted by Gasteiger charge is 2.27. The van der Waals surface area contributed by atoms with Crippen LogP contribution in [0, 0.1) is 0 Å². The molecule has 0 spiro atoms. The van der Waals surface area contributed by atoms with Gasteiger partial charge in [0.15, 0.2) is 0 Å². The molecule has 1 aromatic rings. The Labute approximate surface area is 103 Å². The van der Waals surface area contributed by atoms with Gasteiger partial charge in [-0.3, -0.25) is 0 Å². The van der Waals surface area contributed by atoms with Crippen LogP contribution in [0.1, 0.15) is 27.1 Å². The molecule has 0 saturated carbocycles. The fourth-order valence-electron chi connectivity index (χ4n) is 2.17. The van der Waals surface area contributed by atoms with E-state index in [4.69, 9.17) is 10.2 Å². The Kier molecular flexibility index (Phi) is 3.20. The first-order chi connectivity index (χ1) is 8.50. The third kappa shape index (κ3) is 2.14. The van der Waals surface area contributed by atoms with Gasteiger partial charge in [-0.15, -0.1) is 0 Å². The first-order valence-electron chi connectivity index (χ1n) is 5.53. The van der Waals surface area contributed by atoms with Crippen LogP contribution >= 0.6 is 0 Å². The Morgan fingerprint density at radius 3 is 2.44 bits per heavy atom. The van der Waals surface area contributed by atoms with Crippen LogP contribution in [-0.2, 0) is 0 Å². The summed E-state index contributed by atoms with van der Waals surface area (Å²) >= 11 is 0. The lowest BCUT2D eigenvalue weighted by molar-refractivity contribution is 0.0652. The lowest BCUT2D eigenvalue weighted by atomic mass is 10.0. The van der Waals surface area contributed by atoms with Gasteiger partial charge in [-0.2, -0.15) is 0 Å². The maximum absolute atomic E-state index is 11.2. The number of hydrogen-bond acceptors (Lipinski definition) is 4. The molecule has 0 aromatic heterocycles. The van der Waals surface area contributed by atoms with Crippen molar-refractivity contribution >= 4 is 17.6 Å². The summed E-state index contributed by atoms with van der Waals surface area (Å²) in [5, 5.41) is 27.6. The van der Waals surface area contributed by atoms with Crippen LogP contribution in [0.5, 0.6) is 0 Å². The van der Waals surface area contributed by atoms with E-state index >= 15 is 0 Å². The van der Waals surface area contributed by atoms with Crippen molar-refractivity contribution in [1.82, 2.24) is 0 Å². The van der Waals surface area contributed by atoms with E-state index in [-0.39, 0.29) is 11.1 Å². The number of carbonyl (C=O) groups is 2. The Bertz CT molecular complexity index is 499. The summed E-state index contributed by atoms with van der Waals surface area (Å²) < 4.78 is 0. The Balaban J connectivity index is 2.50. The van der Waals surface area contributed by atoms with Gasteiger partial charge < -0.3 is 20.2 Å². The van der Waals surface area contributed by atoms with E-state index in [1.54, 1.807) is 11.0 Å². The largest absolute Gasteiger partial charge is 0.478 e. The second-order valence-electron chi connectivity index (χ2n) is 4.20. The van der Waals surface area contributed by atoms with Gasteiger partial charge in [0.2, 0.25) is 0 Å². The number of hydrogen-bond donors (Lipinski definition) is 3. The van der Waals surface area contributed by atoms with E-state index in [0.717, 1.165) is 0 Å². The number of carboxylic acid groups (broad SMARTS) is 2. The lowest BCUT2D eigenvalue weighted by Gasteiger charge is -2.20. The molecule has 18 heavy (non-hydrogen) atoms. The van der Waals surface area contributed by atoms with Crippen LogP contribution in [-0.4, -0.2) is 46.5 Å². The van der Waals surface area contributed by atoms with Gasteiger partial charge in [0.05, 0.1) is 22.9 Å². The number of anilines is 1. The zero-order valence-electron chi connectivity index (χ0n) is 9.54. The predicted molar refractivity (Wildman–Crippen MR) is 63.2 cm³/mol. The second-order valence-corrected chi connectivity index (χ2v) is 4.20. The van der Waals surface area contributed by atoms with Gasteiger partial charge in [-0.05, 0) is 18.6 Å². The average Bonchev–Trinajstić information content (AvgIpc) is 2.74. The minimum atomic E-state index is -1.27. The van der Waals surface area contributed by atoms with Crippen molar-refractivity contribution in [1.29, 1.82) is 0 Å². The van der Waals surface area contributed by atoms with Crippen LogP contribution in [0.2, 0.25) is 0 Å². The Morgan fingerprint density at radius 2 is 1.94 bits per heavy atom. The molecule has 6 nitrogen and oxygen atoms in total. The summed E-state index contributed by atoms with van der Waals surface area (Å²) in [5.41, 5.74) is -0.112. The van der Waals surface area contributed by atoms with Crippen molar-refractivity contribution in [3.05, 3.63) is 29.3 Å². The predicted octanol–water partition coefficient (Wildman–Crippen LogP) is 0.654. The highest BCUT2D eigenvalue weighted by Crippen LogP contribution is 2.27. The monoisotopic (exact) mass is 251 g/mol. The van der Waals surface area contributed by atoms with E-state index in [0.29, 0.717) is 25.2 Å². The topological polar surface area (TPSA) is 98.1 Å². The smallest absolute Gasteiger partial charge is 0.338 e. The first kappa shape index (κ1) is 12.4. The standard InChI is InChI=1S/C12H13NO5/c14-7-4-5-13(6-7)9-3-1-2-8(11(15)16)10(9)12(17)18/h1-3,7,14H,4-6H2,(H,15,16)(H,17,18)/t7-/m1/s1. The number of aliphatic hydroxyl groups is 1. The van der Waals surface area contributed by atoms with Crippen molar-refractivity contribution in [2.24, 2.45) is 0 Å². The molecule has 96 valence electrons. The molecule has 3 N–H and O–H groups in total. The van der Waals surface area contributed by atoms with Gasteiger partial charge in [0, 0.05) is 13.1 Å². The fourth-order valence-corrected chi connectivity index (χ4v) is 2.17. The zero-order valence-corrected chi connectivity index (χ0v) is 9.54. The minimum absolute atomic E-state index is 0.223. The van der Waals surface area contributed by atoms with E-state index in [9.17, 15) is 14.7 Å². The van der Waals surface area contributed by atoms with E-state index in [1.165, 1.54) is 12.1 Å². The normalized spacial score (nSPS) is 18.9. The highest BCUT2D eigenvalue weighted by atomic mass is 16.4. The van der Waals surface area contributed by atoms with Gasteiger partial charge >= 0.3 is 11.9 Å². The molecule has 1 aliphatic heterocycles. The van der Waals surface area contributed by atoms with Crippen molar-refractivity contribution in [2.75, 3.05) is 18.0 Å². The molecule has 0 bridgehead atoms. The quantitative estimate of drug-likeness (QED) is 0.729. The van der Waals surface area contributed by atoms with E-state index < -0.39 is 18.0 Å². The maximum Gasteiger partial charge on any atom is 0.338 e. The Hall–Kier alpha value is -2.08. The summed E-state index contributed by atoms with van der Waals surface area (Å²) in [6.45, 7) is 0.841. The number of rotatable bonds is 3. The van der Waals surface area contributed by atoms with Crippen molar-refractivity contribution in [2.45, 2.75) is 12.5 Å². The summed E-state index contributed by atoms with van der Waals surface area (Å²) in [7, 11) is 0. The summed E-state index contributed by atoms with van der Waals surface area (Å²) in [6, 6.07) is 4.34. The molecular formula is C12H13NO5. The van der Waals surface area contributed by atoms with Gasteiger partial charge in [0.25, 0.3) is 0 Å². The number of benzene rings is 1. The SMILES string of the molecule is O=C(O)c1cccc(N2CC[C@@H](O)C2)c1C(=O)O. The van der Waals surface area contributed by atoms with Gasteiger partial charge in [0.1, 0.15) is 0 Å². The maximum atomic E-state index is 11.2. The molecule has 6 heteroatoms. The molecule has 1 heterocycles. The van der Waals surface area contributed by atoms with Gasteiger partial charge in [-0.1, -0.05) is 6.07 Å². The molecular weight excluding hydrogens is 238 g/mol. The van der Waals surface area contributed by atoms with Crippen LogP contribution in [0.4, 0.5) is 5.69 Å². The molecule has 1 fully saturated rings. The molecule has 0 unspecified atom stereocenters. The molecule has 1 atom stereocenters. The zero-order chi connectivity index (χ0) is 13.3. The van der Waals surface area contributed by atoms with Crippen LogP contribution in [0.25, 0.3) is 0 Å². The third-order valence-electron chi connectivity index (χ3n) is 2.99. The first-order valence-corrected chi connectivity index (χ1v) is 5.53. The number of carboxylic acids is 2. The average molecular weight is 251 g/mol. The molecule has 1 aliphatic rings. The Morgan fingerprint density at radius 1 is 1.22 bits per heavy atom. The fraction of sp³-hybridized carbons (Fsp3) is 0.333. The van der Waals surface area contributed by atoms with Crippen LogP contribution in [0.15, 0.2) is 18.2 Å². The highest BCUT2D eigenvalue weighted by molar-refractivity contribution is 6.06. The number of nitrogens with zero attached hydrogens (tertiary/aromatic N) is 1. The van der Waals surface area contributed by atoms with E-state index in [2.05, 4.69) is 0 Å². The van der Waals surface area contributed by atoms with Crippen molar-refractivity contribution in [3.63, 3.8) is 0 Å². The minimum Gasteiger partial charge on any atom is -0.478 e. The summed E-state index contributed by atoms with van der Waals surface area (Å²) in [4.78, 5) is 24.0. The summed E-state index contributed by atoms with van der Waals surface area (Å²) in [5.74, 6) is -2.54. The number of β-amino-alcohol motifs (C(OH)–C–C–N with tert-alkyl or cyclic N) is 1. The molecule has 1 aromatic carbocycles. The third-order valence-corrected chi connectivity index (χ3v) is 2.99. The summed E-state index contributed by atoms with van der Waals surface area (Å²) in [6.07, 6.45) is 0.0521. The number of aliphatic hydroxyl groups excluding tert-OH is 1. The molecule has 1 saturated heterocycles.